The third-order valence-corrected chi connectivity index (χ3v) is 5.47. The van der Waals surface area contributed by atoms with Gasteiger partial charge in [-0.3, -0.25) is 9.69 Å². The highest BCUT2D eigenvalue weighted by atomic mass is 19.4. The lowest BCUT2D eigenvalue weighted by Crippen LogP contribution is -2.56. The van der Waals surface area contributed by atoms with Gasteiger partial charge in [-0.1, -0.05) is 23.8 Å². The second-order valence-electron chi connectivity index (χ2n) is 7.56. The number of carboxylic acid groups (broad SMARTS) is 1. The fraction of sp³-hybridized carbons (Fsp3) is 0.524. The highest BCUT2D eigenvalue weighted by Gasteiger charge is 2.44. The van der Waals surface area contributed by atoms with Crippen molar-refractivity contribution in [2.24, 2.45) is 0 Å². The van der Waals surface area contributed by atoms with Gasteiger partial charge in [0, 0.05) is 30.7 Å². The van der Waals surface area contributed by atoms with Crippen LogP contribution in [0.25, 0.3) is 0 Å². The average Bonchev–Trinajstić information content (AvgIpc) is 3.03. The van der Waals surface area contributed by atoms with E-state index in [0.717, 1.165) is 38.2 Å². The number of hydrogen-bond acceptors (Lipinski definition) is 3. The summed E-state index contributed by atoms with van der Waals surface area (Å²) in [7, 11) is 0. The second kappa shape index (κ2) is 9.43. The number of likely N-dealkylation sites (tertiary alicyclic amines) is 2. The molecule has 2 aliphatic heterocycles. The van der Waals surface area contributed by atoms with Crippen molar-refractivity contribution < 1.29 is 27.9 Å². The molecule has 2 aliphatic rings. The number of aliphatic carboxylic acids is 1. The van der Waals surface area contributed by atoms with Crippen LogP contribution in [0.2, 0.25) is 0 Å². The lowest BCUT2D eigenvalue weighted by atomic mass is 9.86. The van der Waals surface area contributed by atoms with Crippen LogP contribution in [0.15, 0.2) is 36.9 Å². The van der Waals surface area contributed by atoms with Crippen molar-refractivity contribution in [2.75, 3.05) is 26.2 Å². The number of amides is 1. The van der Waals surface area contributed by atoms with Crippen molar-refractivity contribution in [3.8, 4) is 0 Å². The number of aryl methyl sites for hydroxylation is 1. The van der Waals surface area contributed by atoms with Gasteiger partial charge in [-0.15, -0.1) is 6.58 Å². The third kappa shape index (κ3) is 5.82. The maximum Gasteiger partial charge on any atom is 0.490 e. The number of nitrogens with zero attached hydrogens (tertiary/aromatic N) is 2. The summed E-state index contributed by atoms with van der Waals surface area (Å²) in [6.07, 6.45) is 1.66. The molecule has 1 aromatic carbocycles. The number of piperidine rings is 1. The fourth-order valence-electron chi connectivity index (χ4n) is 4.06. The molecule has 29 heavy (non-hydrogen) atoms. The van der Waals surface area contributed by atoms with Gasteiger partial charge in [0.25, 0.3) is 5.91 Å². The predicted octanol–water partition coefficient (Wildman–Crippen LogP) is 3.88. The summed E-state index contributed by atoms with van der Waals surface area (Å²) in [4.78, 5) is 26.3. The third-order valence-electron chi connectivity index (χ3n) is 5.47. The summed E-state index contributed by atoms with van der Waals surface area (Å²) in [5.74, 6) is -2.57. The quantitative estimate of drug-likeness (QED) is 0.766. The predicted molar refractivity (Wildman–Crippen MR) is 104 cm³/mol. The topological polar surface area (TPSA) is 60.9 Å². The van der Waals surface area contributed by atoms with Gasteiger partial charge in [0.1, 0.15) is 0 Å². The first-order valence-electron chi connectivity index (χ1n) is 9.61. The summed E-state index contributed by atoms with van der Waals surface area (Å²) >= 11 is 0. The van der Waals surface area contributed by atoms with Crippen molar-refractivity contribution >= 4 is 11.9 Å². The van der Waals surface area contributed by atoms with Gasteiger partial charge in [0.2, 0.25) is 0 Å². The van der Waals surface area contributed by atoms with Crippen LogP contribution < -0.4 is 0 Å². The molecular weight excluding hydrogens is 385 g/mol. The van der Waals surface area contributed by atoms with Gasteiger partial charge in [-0.05, 0) is 51.3 Å². The van der Waals surface area contributed by atoms with Crippen molar-refractivity contribution in [3.05, 3.63) is 48.0 Å². The Morgan fingerprint density at radius 2 is 1.72 bits per heavy atom. The highest BCUT2D eigenvalue weighted by molar-refractivity contribution is 5.94. The maximum atomic E-state index is 12.8. The minimum Gasteiger partial charge on any atom is -0.475 e. The van der Waals surface area contributed by atoms with E-state index in [-0.39, 0.29) is 11.4 Å². The number of carboxylic acids is 1. The molecule has 0 radical (unpaired) electrons. The lowest BCUT2D eigenvalue weighted by molar-refractivity contribution is -0.192. The van der Waals surface area contributed by atoms with Gasteiger partial charge >= 0.3 is 12.1 Å². The molecule has 3 rings (SSSR count). The molecular formula is C21H27F3N2O3. The molecule has 1 amide bonds. The van der Waals surface area contributed by atoms with Gasteiger partial charge in [0.15, 0.2) is 0 Å². The molecule has 1 unspecified atom stereocenters. The number of benzene rings is 1. The number of halogens is 3. The molecule has 160 valence electrons. The van der Waals surface area contributed by atoms with E-state index in [2.05, 4.69) is 23.3 Å². The van der Waals surface area contributed by atoms with Crippen molar-refractivity contribution in [1.82, 2.24) is 9.80 Å². The maximum absolute atomic E-state index is 12.8. The SMILES string of the molecule is C=CCN1CCCC12CCCN(C(=O)c1ccc(C)cc1)C2.O=C(O)C(F)(F)F. The van der Waals surface area contributed by atoms with Gasteiger partial charge in [-0.25, -0.2) is 4.79 Å². The average molecular weight is 412 g/mol. The molecule has 1 N–H and O–H groups in total. The van der Waals surface area contributed by atoms with E-state index in [9.17, 15) is 18.0 Å². The molecule has 0 saturated carbocycles. The van der Waals surface area contributed by atoms with Gasteiger partial charge in [0.05, 0.1) is 0 Å². The molecule has 0 bridgehead atoms. The molecule has 1 spiro atoms. The summed E-state index contributed by atoms with van der Waals surface area (Å²) < 4.78 is 31.7. The van der Waals surface area contributed by atoms with Crippen molar-refractivity contribution in [2.45, 2.75) is 44.3 Å². The van der Waals surface area contributed by atoms with Crippen LogP contribution in [0, 0.1) is 6.92 Å². The summed E-state index contributed by atoms with van der Waals surface area (Å²) in [5.41, 5.74) is 2.20. The van der Waals surface area contributed by atoms with E-state index in [1.807, 2.05) is 30.3 Å². The van der Waals surface area contributed by atoms with Crippen molar-refractivity contribution in [3.63, 3.8) is 0 Å². The van der Waals surface area contributed by atoms with Gasteiger partial charge in [-0.2, -0.15) is 13.2 Å². The number of hydrogen-bond donors (Lipinski definition) is 1. The van der Waals surface area contributed by atoms with Crippen LogP contribution in [0.3, 0.4) is 0 Å². The van der Waals surface area contributed by atoms with Crippen LogP contribution in [0.4, 0.5) is 13.2 Å². The van der Waals surface area contributed by atoms with E-state index < -0.39 is 12.1 Å². The first-order valence-corrected chi connectivity index (χ1v) is 9.61. The molecule has 2 saturated heterocycles. The molecule has 2 fully saturated rings. The summed E-state index contributed by atoms with van der Waals surface area (Å²) in [5, 5.41) is 7.12. The zero-order chi connectivity index (χ0) is 21.7. The molecule has 1 atom stereocenters. The Labute approximate surface area is 168 Å². The number of carbonyl (C=O) groups excluding carboxylic acids is 1. The molecule has 8 heteroatoms. The number of rotatable bonds is 3. The Morgan fingerprint density at radius 3 is 2.24 bits per heavy atom. The minimum atomic E-state index is -5.08. The Balaban J connectivity index is 0.000000370. The van der Waals surface area contributed by atoms with Crippen LogP contribution in [0.1, 0.15) is 41.6 Å². The molecule has 0 aliphatic carbocycles. The smallest absolute Gasteiger partial charge is 0.475 e. The Morgan fingerprint density at radius 1 is 1.17 bits per heavy atom. The van der Waals surface area contributed by atoms with Crippen molar-refractivity contribution in [1.29, 1.82) is 0 Å². The van der Waals surface area contributed by atoms with E-state index in [1.54, 1.807) is 0 Å². The number of alkyl halides is 3. The van der Waals surface area contributed by atoms with E-state index >= 15 is 0 Å². The number of carbonyl (C=O) groups is 2. The second-order valence-corrected chi connectivity index (χ2v) is 7.56. The lowest BCUT2D eigenvalue weighted by Gasteiger charge is -2.45. The van der Waals surface area contributed by atoms with E-state index in [4.69, 9.17) is 9.90 Å². The van der Waals surface area contributed by atoms with Crippen LogP contribution in [-0.4, -0.2) is 64.7 Å². The van der Waals surface area contributed by atoms with Crippen LogP contribution >= 0.6 is 0 Å². The zero-order valence-corrected chi connectivity index (χ0v) is 16.5. The molecule has 2 heterocycles. The largest absolute Gasteiger partial charge is 0.490 e. The van der Waals surface area contributed by atoms with Crippen LogP contribution in [-0.2, 0) is 4.79 Å². The first-order chi connectivity index (χ1) is 13.6. The minimum absolute atomic E-state index is 0.185. The van der Waals surface area contributed by atoms with Crippen LogP contribution in [0.5, 0.6) is 0 Å². The fourth-order valence-corrected chi connectivity index (χ4v) is 4.06. The summed E-state index contributed by atoms with van der Waals surface area (Å²) in [6, 6.07) is 7.95. The Bertz CT molecular complexity index is 734. The standard InChI is InChI=1S/C19H26N2O.C2HF3O2/c1-3-12-21-14-5-11-19(21)10-4-13-20(15-19)18(22)17-8-6-16(2)7-9-17;3-2(4,5)1(6)7/h3,6-9H,1,4-5,10-15H2,2H3;(H,6,7). The molecule has 5 nitrogen and oxygen atoms in total. The van der Waals surface area contributed by atoms with Gasteiger partial charge < -0.3 is 10.0 Å². The Hall–Kier alpha value is -2.35. The summed E-state index contributed by atoms with van der Waals surface area (Å²) in [6.45, 7) is 9.77. The normalized spacial score (nSPS) is 22.1. The van der Waals surface area contributed by atoms with E-state index in [1.165, 1.54) is 24.8 Å². The highest BCUT2D eigenvalue weighted by Crippen LogP contribution is 2.37. The Kier molecular flexibility index (Phi) is 7.46. The molecule has 1 aromatic rings. The monoisotopic (exact) mass is 412 g/mol. The van der Waals surface area contributed by atoms with E-state index in [0.29, 0.717) is 0 Å². The zero-order valence-electron chi connectivity index (χ0n) is 16.5. The molecule has 0 aromatic heterocycles. The first kappa shape index (κ1) is 22.9.